The van der Waals surface area contributed by atoms with Gasteiger partial charge in [-0.05, 0) is 54.9 Å². The Kier molecular flexibility index (Phi) is 6.87. The number of fused-ring (bicyclic) bond motifs is 1. The van der Waals surface area contributed by atoms with Crippen LogP contribution in [0.5, 0.6) is 5.75 Å². The first kappa shape index (κ1) is 21.4. The lowest BCUT2D eigenvalue weighted by atomic mass is 9.94. The third-order valence-electron chi connectivity index (χ3n) is 6.03. The smallest absolute Gasteiger partial charge is 0.253 e. The zero-order valence-corrected chi connectivity index (χ0v) is 18.7. The molecule has 1 saturated carbocycles. The van der Waals surface area contributed by atoms with Crippen LogP contribution in [0.4, 0.5) is 0 Å². The molecule has 5 nitrogen and oxygen atoms in total. The summed E-state index contributed by atoms with van der Waals surface area (Å²) in [6.07, 6.45) is 5.88. The largest absolute Gasteiger partial charge is 0.497 e. The molecule has 0 radical (unpaired) electrons. The Labute approximate surface area is 188 Å². The molecule has 0 bridgehead atoms. The third-order valence-corrected chi connectivity index (χ3v) is 6.41. The van der Waals surface area contributed by atoms with E-state index in [0.717, 1.165) is 35.1 Å². The average Bonchev–Trinajstić information content (AvgIpc) is 2.82. The molecule has 3 aromatic rings. The number of rotatable bonds is 6. The number of thiocarbonyl (C=S) groups is 1. The highest BCUT2D eigenvalue weighted by Crippen LogP contribution is 2.25. The molecule has 2 N–H and O–H groups in total. The van der Waals surface area contributed by atoms with Gasteiger partial charge < -0.3 is 19.9 Å². The number of nitrogens with zero attached hydrogens (tertiary/aromatic N) is 1. The fourth-order valence-electron chi connectivity index (χ4n) is 4.29. The summed E-state index contributed by atoms with van der Waals surface area (Å²) in [5.74, 6) is 0.773. The lowest BCUT2D eigenvalue weighted by molar-refractivity contribution is 0.234. The molecule has 6 heteroatoms. The van der Waals surface area contributed by atoms with Crippen LogP contribution in [0.2, 0.25) is 0 Å². The molecule has 0 amide bonds. The third kappa shape index (κ3) is 5.25. The van der Waals surface area contributed by atoms with Crippen LogP contribution < -0.4 is 15.6 Å². The first-order valence-electron chi connectivity index (χ1n) is 10.9. The highest BCUT2D eigenvalue weighted by atomic mass is 32.1. The molecule has 0 saturated heterocycles. The summed E-state index contributed by atoms with van der Waals surface area (Å²) in [7, 11) is 1.65. The van der Waals surface area contributed by atoms with Crippen LogP contribution in [0, 0.1) is 0 Å². The van der Waals surface area contributed by atoms with Crippen LogP contribution in [0.1, 0.15) is 43.2 Å². The fraction of sp³-hybridized carbons (Fsp3) is 0.360. The summed E-state index contributed by atoms with van der Waals surface area (Å²) in [4.78, 5) is 18.1. The first-order chi connectivity index (χ1) is 15.1. The summed E-state index contributed by atoms with van der Waals surface area (Å²) < 4.78 is 5.35. The normalized spacial score (nSPS) is 14.4. The molecule has 1 fully saturated rings. The van der Waals surface area contributed by atoms with Crippen LogP contribution in [0.25, 0.3) is 10.9 Å². The van der Waals surface area contributed by atoms with Crippen molar-refractivity contribution in [3.63, 3.8) is 0 Å². The molecule has 0 spiro atoms. The number of ether oxygens (including phenoxy) is 1. The zero-order valence-electron chi connectivity index (χ0n) is 17.9. The van der Waals surface area contributed by atoms with E-state index in [1.165, 1.54) is 24.8 Å². The molecule has 4 rings (SSSR count). The maximum absolute atomic E-state index is 12.8. The maximum Gasteiger partial charge on any atom is 0.253 e. The summed E-state index contributed by atoms with van der Waals surface area (Å²) in [6.45, 7) is 1.17. The summed E-state index contributed by atoms with van der Waals surface area (Å²) in [5, 5.41) is 5.08. The van der Waals surface area contributed by atoms with E-state index in [-0.39, 0.29) is 5.56 Å². The van der Waals surface area contributed by atoms with E-state index in [0.29, 0.717) is 24.2 Å². The molecular weight excluding hydrogens is 406 g/mol. The van der Waals surface area contributed by atoms with Crippen molar-refractivity contribution in [2.45, 2.75) is 51.2 Å². The standard InChI is InChI=1S/C25H29N3O2S/c1-30-22-12-13-23-19(15-22)14-20(24(29)27-23)17-28(21-10-6-3-7-11-21)25(31)26-16-18-8-4-2-5-9-18/h2,4-5,8-9,12-15,21H,3,6-7,10-11,16-17H2,1H3,(H,26,31)(H,27,29). The molecule has 162 valence electrons. The van der Waals surface area contributed by atoms with Gasteiger partial charge in [0.15, 0.2) is 5.11 Å². The van der Waals surface area contributed by atoms with E-state index in [9.17, 15) is 4.79 Å². The van der Waals surface area contributed by atoms with Gasteiger partial charge in [0.05, 0.1) is 13.7 Å². The van der Waals surface area contributed by atoms with Gasteiger partial charge in [-0.1, -0.05) is 49.6 Å². The van der Waals surface area contributed by atoms with E-state index in [4.69, 9.17) is 17.0 Å². The quantitative estimate of drug-likeness (QED) is 0.548. The number of H-pyrrole nitrogens is 1. The number of pyridine rings is 1. The fourth-order valence-corrected chi connectivity index (χ4v) is 4.58. The van der Waals surface area contributed by atoms with Gasteiger partial charge in [0, 0.05) is 29.1 Å². The highest BCUT2D eigenvalue weighted by Gasteiger charge is 2.24. The number of benzene rings is 2. The Morgan fingerprint density at radius 2 is 1.90 bits per heavy atom. The van der Waals surface area contributed by atoms with E-state index in [1.54, 1.807) is 7.11 Å². The van der Waals surface area contributed by atoms with Gasteiger partial charge in [-0.25, -0.2) is 0 Å². The van der Waals surface area contributed by atoms with E-state index >= 15 is 0 Å². The van der Waals surface area contributed by atoms with Crippen molar-refractivity contribution in [2.24, 2.45) is 0 Å². The van der Waals surface area contributed by atoms with Gasteiger partial charge in [0.25, 0.3) is 5.56 Å². The van der Waals surface area contributed by atoms with Crippen molar-refractivity contribution in [3.05, 3.63) is 76.1 Å². The molecule has 0 atom stereocenters. The van der Waals surface area contributed by atoms with Crippen molar-refractivity contribution in [1.82, 2.24) is 15.2 Å². The van der Waals surface area contributed by atoms with E-state index in [1.807, 2.05) is 42.5 Å². The minimum Gasteiger partial charge on any atom is -0.497 e. The van der Waals surface area contributed by atoms with Gasteiger partial charge in [0.1, 0.15) is 5.75 Å². The predicted molar refractivity (Wildman–Crippen MR) is 129 cm³/mol. The molecule has 0 unspecified atom stereocenters. The van der Waals surface area contributed by atoms with Gasteiger partial charge >= 0.3 is 0 Å². The predicted octanol–water partition coefficient (Wildman–Crippen LogP) is 4.75. The minimum atomic E-state index is -0.0654. The Bertz CT molecular complexity index is 1090. The summed E-state index contributed by atoms with van der Waals surface area (Å²) >= 11 is 5.82. The van der Waals surface area contributed by atoms with Crippen molar-refractivity contribution >= 4 is 28.2 Å². The van der Waals surface area contributed by atoms with Crippen LogP contribution in [-0.2, 0) is 13.1 Å². The van der Waals surface area contributed by atoms with Gasteiger partial charge in [0.2, 0.25) is 0 Å². The first-order valence-corrected chi connectivity index (χ1v) is 11.3. The lowest BCUT2D eigenvalue weighted by Crippen LogP contribution is -2.46. The lowest BCUT2D eigenvalue weighted by Gasteiger charge is -2.36. The molecule has 1 aromatic heterocycles. The van der Waals surface area contributed by atoms with Crippen LogP contribution in [-0.4, -0.2) is 28.1 Å². The number of aromatic amines is 1. The molecule has 2 aromatic carbocycles. The second-order valence-corrected chi connectivity index (χ2v) is 8.53. The van der Waals surface area contributed by atoms with Gasteiger partial charge in [-0.3, -0.25) is 4.79 Å². The number of hydrogen-bond acceptors (Lipinski definition) is 3. The van der Waals surface area contributed by atoms with Crippen molar-refractivity contribution in [3.8, 4) is 5.75 Å². The monoisotopic (exact) mass is 435 g/mol. The molecule has 1 aliphatic rings. The van der Waals surface area contributed by atoms with Crippen molar-refractivity contribution in [2.75, 3.05) is 7.11 Å². The Morgan fingerprint density at radius 1 is 1.13 bits per heavy atom. The van der Waals surface area contributed by atoms with Crippen LogP contribution >= 0.6 is 12.2 Å². The SMILES string of the molecule is COc1ccc2[nH]c(=O)c(CN(C(=S)NCc3ccccc3)C3CCCCC3)cc2c1. The number of hydrogen-bond donors (Lipinski definition) is 2. The second-order valence-electron chi connectivity index (χ2n) is 8.14. The number of aromatic nitrogens is 1. The number of methoxy groups -OCH3 is 1. The Balaban J connectivity index is 1.58. The number of nitrogens with one attached hydrogen (secondary N) is 2. The Hall–Kier alpha value is -2.86. The molecule has 0 aliphatic heterocycles. The molecular formula is C25H29N3O2S. The van der Waals surface area contributed by atoms with Crippen molar-refractivity contribution < 1.29 is 4.74 Å². The second kappa shape index (κ2) is 9.96. The zero-order chi connectivity index (χ0) is 21.6. The van der Waals surface area contributed by atoms with Crippen molar-refractivity contribution in [1.29, 1.82) is 0 Å². The molecule has 1 aliphatic carbocycles. The average molecular weight is 436 g/mol. The molecule has 1 heterocycles. The Morgan fingerprint density at radius 3 is 2.65 bits per heavy atom. The minimum absolute atomic E-state index is 0.0654. The topological polar surface area (TPSA) is 57.4 Å². The van der Waals surface area contributed by atoms with E-state index in [2.05, 4.69) is 27.3 Å². The van der Waals surface area contributed by atoms with Gasteiger partial charge in [-0.2, -0.15) is 0 Å². The van der Waals surface area contributed by atoms with Crippen LogP contribution in [0.3, 0.4) is 0 Å². The summed E-state index contributed by atoms with van der Waals surface area (Å²) in [6, 6.07) is 18.2. The molecule has 31 heavy (non-hydrogen) atoms. The van der Waals surface area contributed by atoms with E-state index < -0.39 is 0 Å². The summed E-state index contributed by atoms with van der Waals surface area (Å²) in [5.41, 5.74) is 2.65. The maximum atomic E-state index is 12.8. The highest BCUT2D eigenvalue weighted by molar-refractivity contribution is 7.80. The van der Waals surface area contributed by atoms with Crippen LogP contribution in [0.15, 0.2) is 59.4 Å². The van der Waals surface area contributed by atoms with Gasteiger partial charge in [-0.15, -0.1) is 0 Å².